The second kappa shape index (κ2) is 5.53. The van der Waals surface area contributed by atoms with Crippen LogP contribution in [0.2, 0.25) is 0 Å². The van der Waals surface area contributed by atoms with Crippen LogP contribution < -0.4 is 0 Å². The molecule has 1 aliphatic heterocycles. The predicted molar refractivity (Wildman–Crippen MR) is 79.0 cm³/mol. The van der Waals surface area contributed by atoms with Gasteiger partial charge in [-0.25, -0.2) is 0 Å². The number of phenols is 1. The van der Waals surface area contributed by atoms with Crippen LogP contribution in [0.25, 0.3) is 5.57 Å². The van der Waals surface area contributed by atoms with Crippen molar-refractivity contribution >= 4 is 11.4 Å². The number of ketones is 1. The first-order chi connectivity index (χ1) is 10.1. The molecule has 0 amide bonds. The summed E-state index contributed by atoms with van der Waals surface area (Å²) in [5.74, 6) is 0.506. The molecule has 21 heavy (non-hydrogen) atoms. The maximum Gasteiger partial charge on any atom is 0.170 e. The molecule has 112 valence electrons. The van der Waals surface area contributed by atoms with Gasteiger partial charge in [-0.05, 0) is 48.9 Å². The highest BCUT2D eigenvalue weighted by Crippen LogP contribution is 2.39. The van der Waals surface area contributed by atoms with E-state index in [9.17, 15) is 15.0 Å². The van der Waals surface area contributed by atoms with Crippen LogP contribution in [-0.2, 0) is 9.53 Å². The monoisotopic (exact) mass is 288 g/mol. The Balaban J connectivity index is 1.83. The van der Waals surface area contributed by atoms with E-state index in [0.717, 1.165) is 25.0 Å². The van der Waals surface area contributed by atoms with Crippen LogP contribution in [-0.4, -0.2) is 29.2 Å². The minimum absolute atomic E-state index is 0.00639. The van der Waals surface area contributed by atoms with Gasteiger partial charge in [0.05, 0.1) is 5.57 Å². The maximum absolute atomic E-state index is 12.6. The molecule has 2 N–H and O–H groups in total. The third kappa shape index (κ3) is 2.68. The molecule has 4 heteroatoms. The number of rotatable bonds is 3. The van der Waals surface area contributed by atoms with Gasteiger partial charge in [0.25, 0.3) is 0 Å². The first-order valence-electron chi connectivity index (χ1n) is 7.40. The van der Waals surface area contributed by atoms with Crippen molar-refractivity contribution in [2.45, 2.75) is 26.2 Å². The third-order valence-electron chi connectivity index (χ3n) is 4.48. The predicted octanol–water partition coefficient (Wildman–Crippen LogP) is 2.99. The normalized spacial score (nSPS) is 25.9. The number of phenolic OH excluding ortho intramolecular Hbond substituents is 1. The number of hydrogen-bond acceptors (Lipinski definition) is 4. The Hall–Kier alpha value is -1.81. The Morgan fingerprint density at radius 1 is 1.33 bits per heavy atom. The summed E-state index contributed by atoms with van der Waals surface area (Å²) in [5, 5.41) is 19.9. The smallest absolute Gasteiger partial charge is 0.170 e. The van der Waals surface area contributed by atoms with Gasteiger partial charge in [0.15, 0.2) is 5.78 Å². The molecule has 1 saturated heterocycles. The standard InChI is InChI=1S/C17H20O4/c1-10-2-3-13(18)8-14(10)16-15(19)7-12(17(16)20)6-11-4-5-21-9-11/h2-3,8,11-12,18-19H,4-7,9H2,1H3. The van der Waals surface area contributed by atoms with E-state index in [1.807, 2.05) is 6.92 Å². The molecule has 1 aromatic carbocycles. The van der Waals surface area contributed by atoms with Crippen molar-refractivity contribution in [3.8, 4) is 5.75 Å². The topological polar surface area (TPSA) is 66.8 Å². The van der Waals surface area contributed by atoms with Crippen LogP contribution in [0.3, 0.4) is 0 Å². The molecule has 4 nitrogen and oxygen atoms in total. The SMILES string of the molecule is Cc1ccc(O)cc1C1=C(O)CC(CC2CCOC2)C1=O. The van der Waals surface area contributed by atoms with Gasteiger partial charge >= 0.3 is 0 Å². The molecule has 0 spiro atoms. The molecule has 3 rings (SSSR count). The summed E-state index contributed by atoms with van der Waals surface area (Å²) in [5.41, 5.74) is 1.91. The number of aliphatic hydroxyl groups excluding tert-OH is 1. The summed E-state index contributed by atoms with van der Waals surface area (Å²) in [6.45, 7) is 3.36. The lowest BCUT2D eigenvalue weighted by molar-refractivity contribution is -0.117. The van der Waals surface area contributed by atoms with Gasteiger partial charge in [-0.3, -0.25) is 4.79 Å². The number of Topliss-reactive ketones (excluding diaryl/α,β-unsaturated/α-hetero) is 1. The molecule has 1 aliphatic carbocycles. The van der Waals surface area contributed by atoms with Gasteiger partial charge in [0.2, 0.25) is 0 Å². The molecule has 0 bridgehead atoms. The van der Waals surface area contributed by atoms with Crippen LogP contribution in [0.15, 0.2) is 24.0 Å². The second-order valence-corrected chi connectivity index (χ2v) is 6.05. The molecule has 1 aromatic rings. The van der Waals surface area contributed by atoms with Crippen LogP contribution in [0.4, 0.5) is 0 Å². The molecular formula is C17H20O4. The van der Waals surface area contributed by atoms with Gasteiger partial charge in [-0.15, -0.1) is 0 Å². The lowest BCUT2D eigenvalue weighted by atomic mass is 9.89. The molecular weight excluding hydrogens is 268 g/mol. The number of carbonyl (C=O) groups is 1. The fourth-order valence-corrected chi connectivity index (χ4v) is 3.30. The van der Waals surface area contributed by atoms with Crippen LogP contribution in [0.1, 0.15) is 30.4 Å². The minimum atomic E-state index is -0.159. The lowest BCUT2D eigenvalue weighted by Gasteiger charge is -2.13. The number of carbonyl (C=O) groups excluding carboxylic acids is 1. The summed E-state index contributed by atoms with van der Waals surface area (Å²) in [7, 11) is 0. The van der Waals surface area contributed by atoms with Crippen molar-refractivity contribution in [2.75, 3.05) is 13.2 Å². The largest absolute Gasteiger partial charge is 0.512 e. The molecule has 2 aliphatic rings. The molecule has 1 heterocycles. The molecule has 1 fully saturated rings. The second-order valence-electron chi connectivity index (χ2n) is 6.05. The van der Waals surface area contributed by atoms with E-state index in [-0.39, 0.29) is 23.2 Å². The highest BCUT2D eigenvalue weighted by atomic mass is 16.5. The maximum atomic E-state index is 12.6. The number of aliphatic hydroxyl groups is 1. The zero-order valence-corrected chi connectivity index (χ0v) is 12.1. The quantitative estimate of drug-likeness (QED) is 0.897. The molecule has 0 radical (unpaired) electrons. The number of ether oxygens (including phenoxy) is 1. The van der Waals surface area contributed by atoms with Gasteiger partial charge in [-0.1, -0.05) is 6.07 Å². The molecule has 0 saturated carbocycles. The Morgan fingerprint density at radius 2 is 2.14 bits per heavy atom. The Labute approximate surface area is 124 Å². The Morgan fingerprint density at radius 3 is 2.86 bits per heavy atom. The Bertz CT molecular complexity index is 597. The molecule has 2 atom stereocenters. The summed E-state index contributed by atoms with van der Waals surface area (Å²) in [6.07, 6.45) is 2.16. The average Bonchev–Trinajstić information content (AvgIpc) is 3.03. The first-order valence-corrected chi connectivity index (χ1v) is 7.40. The highest BCUT2D eigenvalue weighted by molar-refractivity contribution is 6.24. The van der Waals surface area contributed by atoms with E-state index in [2.05, 4.69) is 0 Å². The fourth-order valence-electron chi connectivity index (χ4n) is 3.30. The van der Waals surface area contributed by atoms with Crippen molar-refractivity contribution in [1.29, 1.82) is 0 Å². The van der Waals surface area contributed by atoms with Gasteiger partial charge in [0.1, 0.15) is 11.5 Å². The van der Waals surface area contributed by atoms with Gasteiger partial charge < -0.3 is 14.9 Å². The molecule has 0 aromatic heterocycles. The van der Waals surface area contributed by atoms with E-state index >= 15 is 0 Å². The number of hydrogen-bond donors (Lipinski definition) is 2. The minimum Gasteiger partial charge on any atom is -0.512 e. The zero-order chi connectivity index (χ0) is 15.0. The van der Waals surface area contributed by atoms with E-state index in [0.29, 0.717) is 30.1 Å². The first kappa shape index (κ1) is 14.1. The molecule has 2 unspecified atom stereocenters. The van der Waals surface area contributed by atoms with Crippen LogP contribution in [0.5, 0.6) is 5.75 Å². The number of aryl methyl sites for hydroxylation is 1. The van der Waals surface area contributed by atoms with Crippen LogP contribution in [0, 0.1) is 18.8 Å². The Kier molecular flexibility index (Phi) is 3.72. The van der Waals surface area contributed by atoms with Gasteiger partial charge in [-0.2, -0.15) is 0 Å². The zero-order valence-electron chi connectivity index (χ0n) is 12.1. The number of aromatic hydroxyl groups is 1. The van der Waals surface area contributed by atoms with E-state index in [1.54, 1.807) is 18.2 Å². The summed E-state index contributed by atoms with van der Waals surface area (Å²) in [4.78, 5) is 12.6. The van der Waals surface area contributed by atoms with Crippen molar-refractivity contribution in [2.24, 2.45) is 11.8 Å². The van der Waals surface area contributed by atoms with Crippen molar-refractivity contribution in [3.05, 3.63) is 35.1 Å². The highest BCUT2D eigenvalue weighted by Gasteiger charge is 2.36. The van der Waals surface area contributed by atoms with Crippen molar-refractivity contribution < 1.29 is 19.7 Å². The third-order valence-corrected chi connectivity index (χ3v) is 4.48. The van der Waals surface area contributed by atoms with Crippen molar-refractivity contribution in [1.82, 2.24) is 0 Å². The van der Waals surface area contributed by atoms with Crippen LogP contribution >= 0.6 is 0 Å². The lowest BCUT2D eigenvalue weighted by Crippen LogP contribution is -2.15. The fraction of sp³-hybridized carbons (Fsp3) is 0.471. The average molecular weight is 288 g/mol. The van der Waals surface area contributed by atoms with E-state index in [1.165, 1.54) is 0 Å². The summed E-state index contributed by atoms with van der Waals surface area (Å²) in [6, 6.07) is 4.90. The van der Waals surface area contributed by atoms with E-state index < -0.39 is 0 Å². The van der Waals surface area contributed by atoms with E-state index in [4.69, 9.17) is 4.74 Å². The van der Waals surface area contributed by atoms with Gasteiger partial charge in [0, 0.05) is 25.6 Å². The summed E-state index contributed by atoms with van der Waals surface area (Å²) < 4.78 is 5.36. The summed E-state index contributed by atoms with van der Waals surface area (Å²) >= 11 is 0. The number of allylic oxidation sites excluding steroid dienone is 2. The van der Waals surface area contributed by atoms with Crippen molar-refractivity contribution in [3.63, 3.8) is 0 Å². The number of benzene rings is 1.